The van der Waals surface area contributed by atoms with Crippen molar-refractivity contribution in [2.45, 2.75) is 31.1 Å². The minimum Gasteiger partial charge on any atom is -0.341 e. The zero-order valence-electron chi connectivity index (χ0n) is 20.7. The number of nitrogens with one attached hydrogen (secondary N) is 1. The zero-order chi connectivity index (χ0) is 29.1. The maximum absolute atomic E-state index is 14.0. The number of alkyl halides is 6. The number of hydrogen-bond donors (Lipinski definition) is 1. The van der Waals surface area contributed by atoms with Crippen molar-refractivity contribution in [2.24, 2.45) is 0 Å². The number of amides is 2. The third kappa shape index (κ3) is 6.45. The molecular formula is C29H21F7N2O2. The molecule has 1 heterocycles. The van der Waals surface area contributed by atoms with Gasteiger partial charge in [0.05, 0.1) is 30.1 Å². The molecular weight excluding hydrogens is 541 g/mol. The monoisotopic (exact) mass is 562 g/mol. The fourth-order valence-electron chi connectivity index (χ4n) is 4.49. The van der Waals surface area contributed by atoms with Crippen LogP contribution in [0.5, 0.6) is 0 Å². The Kier molecular flexibility index (Phi) is 8.18. The largest absolute Gasteiger partial charge is 0.416 e. The molecule has 1 unspecified atom stereocenters. The molecule has 0 radical (unpaired) electrons. The van der Waals surface area contributed by atoms with Crippen LogP contribution in [0.15, 0.2) is 66.7 Å². The lowest BCUT2D eigenvalue weighted by atomic mass is 9.88. The molecule has 3 aromatic rings. The van der Waals surface area contributed by atoms with E-state index < -0.39 is 46.7 Å². The Labute approximate surface area is 224 Å². The molecule has 4 nitrogen and oxygen atoms in total. The first-order valence-corrected chi connectivity index (χ1v) is 12.0. The van der Waals surface area contributed by atoms with Crippen molar-refractivity contribution in [2.75, 3.05) is 18.0 Å². The highest BCUT2D eigenvalue weighted by Crippen LogP contribution is 2.42. The zero-order valence-corrected chi connectivity index (χ0v) is 20.7. The van der Waals surface area contributed by atoms with Crippen molar-refractivity contribution >= 4 is 17.5 Å². The number of benzene rings is 3. The number of nitrogens with zero attached hydrogens (tertiary/aromatic N) is 1. The normalized spacial score (nSPS) is 15.5. The summed E-state index contributed by atoms with van der Waals surface area (Å²) in [5.41, 5.74) is -2.68. The van der Waals surface area contributed by atoms with Crippen LogP contribution in [-0.2, 0) is 23.6 Å². The molecule has 0 saturated heterocycles. The Bertz CT molecular complexity index is 1470. The third-order valence-electron chi connectivity index (χ3n) is 6.40. The molecule has 1 N–H and O–H groups in total. The van der Waals surface area contributed by atoms with Crippen LogP contribution >= 0.6 is 0 Å². The van der Waals surface area contributed by atoms with Gasteiger partial charge in [-0.05, 0) is 66.4 Å². The molecule has 2 amide bonds. The molecule has 208 valence electrons. The fraction of sp³-hybridized carbons (Fsp3) is 0.241. The first-order chi connectivity index (χ1) is 18.9. The molecule has 0 fully saturated rings. The van der Waals surface area contributed by atoms with E-state index in [-0.39, 0.29) is 43.6 Å². The van der Waals surface area contributed by atoms with Crippen LogP contribution in [0.2, 0.25) is 0 Å². The number of rotatable bonds is 4. The van der Waals surface area contributed by atoms with E-state index in [1.165, 1.54) is 6.07 Å². The Balaban J connectivity index is 1.64. The summed E-state index contributed by atoms with van der Waals surface area (Å²) in [6.07, 6.45) is -10.4. The maximum Gasteiger partial charge on any atom is 0.416 e. The summed E-state index contributed by atoms with van der Waals surface area (Å²) in [7, 11) is 0. The van der Waals surface area contributed by atoms with Gasteiger partial charge in [-0.3, -0.25) is 14.5 Å². The molecule has 4 rings (SSSR count). The van der Waals surface area contributed by atoms with Gasteiger partial charge in [-0.25, -0.2) is 4.39 Å². The summed E-state index contributed by atoms with van der Waals surface area (Å²) in [6.45, 7) is -0.399. The number of anilines is 1. The smallest absolute Gasteiger partial charge is 0.341 e. The lowest BCUT2D eigenvalue weighted by Gasteiger charge is -2.26. The van der Waals surface area contributed by atoms with Gasteiger partial charge in [0.2, 0.25) is 5.91 Å². The van der Waals surface area contributed by atoms with E-state index in [1.54, 1.807) is 30.3 Å². The predicted octanol–water partition coefficient (Wildman–Crippen LogP) is 6.36. The van der Waals surface area contributed by atoms with Gasteiger partial charge in [0.15, 0.2) is 0 Å². The Hall–Kier alpha value is -4.33. The van der Waals surface area contributed by atoms with Crippen LogP contribution in [0.3, 0.4) is 0 Å². The van der Waals surface area contributed by atoms with Gasteiger partial charge < -0.3 is 5.32 Å². The van der Waals surface area contributed by atoms with Crippen molar-refractivity contribution in [3.8, 4) is 11.8 Å². The second kappa shape index (κ2) is 11.4. The summed E-state index contributed by atoms with van der Waals surface area (Å²) >= 11 is 0. The molecule has 0 spiro atoms. The number of hydrogen-bond acceptors (Lipinski definition) is 2. The van der Waals surface area contributed by atoms with Gasteiger partial charge in [0.1, 0.15) is 5.82 Å². The molecule has 1 aliphatic heterocycles. The van der Waals surface area contributed by atoms with E-state index in [9.17, 15) is 40.3 Å². The van der Waals surface area contributed by atoms with Crippen molar-refractivity contribution in [1.82, 2.24) is 5.32 Å². The summed E-state index contributed by atoms with van der Waals surface area (Å²) in [5.74, 6) is 2.08. The van der Waals surface area contributed by atoms with Gasteiger partial charge in [-0.1, -0.05) is 36.1 Å². The molecule has 0 bridgehead atoms. The van der Waals surface area contributed by atoms with Crippen LogP contribution in [-0.4, -0.2) is 24.9 Å². The van der Waals surface area contributed by atoms with Gasteiger partial charge in [0, 0.05) is 11.3 Å². The summed E-state index contributed by atoms with van der Waals surface area (Å²) in [6, 6.07) is 13.1. The molecule has 40 heavy (non-hydrogen) atoms. The van der Waals surface area contributed by atoms with Gasteiger partial charge in [0.25, 0.3) is 5.91 Å². The van der Waals surface area contributed by atoms with Crippen LogP contribution < -0.4 is 10.2 Å². The first-order valence-electron chi connectivity index (χ1n) is 12.0. The molecule has 1 atom stereocenters. The van der Waals surface area contributed by atoms with E-state index in [4.69, 9.17) is 0 Å². The molecule has 1 aliphatic rings. The number of carbonyl (C=O) groups excluding carboxylic acids is 2. The van der Waals surface area contributed by atoms with Crippen LogP contribution in [0.1, 0.15) is 45.0 Å². The maximum atomic E-state index is 14.0. The molecule has 11 heteroatoms. The van der Waals surface area contributed by atoms with Crippen LogP contribution in [0.25, 0.3) is 0 Å². The first kappa shape index (κ1) is 28.7. The quantitative estimate of drug-likeness (QED) is 0.297. The minimum atomic E-state index is -5.16. The Morgan fingerprint density at radius 3 is 2.33 bits per heavy atom. The van der Waals surface area contributed by atoms with Crippen LogP contribution in [0.4, 0.5) is 36.4 Å². The van der Waals surface area contributed by atoms with Crippen molar-refractivity contribution in [1.29, 1.82) is 0 Å². The van der Waals surface area contributed by atoms with E-state index in [0.717, 1.165) is 17.0 Å². The lowest BCUT2D eigenvalue weighted by Crippen LogP contribution is -2.35. The number of halogens is 7. The standard InChI is InChI=1S/C29H21F7N2O2/c30-21-10-13-25-19(16-21)8-11-23(22-12-9-20(28(31,32)33)17-24(22)29(34,35)36)27(40)38(25)15-5-4-14-37-26(39)18-6-2-1-3-7-18/h1-3,6-7,9-10,12-13,16-17,23H,8,11,14-15H2,(H,37,39). The van der Waals surface area contributed by atoms with E-state index in [1.807, 2.05) is 0 Å². The molecule has 0 saturated carbocycles. The minimum absolute atomic E-state index is 0.000121. The van der Waals surface area contributed by atoms with Crippen molar-refractivity contribution in [3.05, 3.63) is 100 Å². The molecule has 0 aliphatic carbocycles. The second-order valence-electron chi connectivity index (χ2n) is 8.99. The van der Waals surface area contributed by atoms with Gasteiger partial charge >= 0.3 is 12.4 Å². The second-order valence-corrected chi connectivity index (χ2v) is 8.99. The summed E-state index contributed by atoms with van der Waals surface area (Å²) in [5, 5.41) is 2.58. The predicted molar refractivity (Wildman–Crippen MR) is 133 cm³/mol. The Morgan fingerprint density at radius 2 is 1.65 bits per heavy atom. The Morgan fingerprint density at radius 1 is 0.925 bits per heavy atom. The lowest BCUT2D eigenvalue weighted by molar-refractivity contribution is -0.143. The number of carbonyl (C=O) groups is 2. The number of fused-ring (bicyclic) bond motifs is 1. The fourth-order valence-corrected chi connectivity index (χ4v) is 4.49. The van der Waals surface area contributed by atoms with Crippen LogP contribution in [0, 0.1) is 17.7 Å². The van der Waals surface area contributed by atoms with Gasteiger partial charge in [-0.2, -0.15) is 26.3 Å². The van der Waals surface area contributed by atoms with E-state index >= 15 is 0 Å². The summed E-state index contributed by atoms with van der Waals surface area (Å²) < 4.78 is 95.2. The van der Waals surface area contributed by atoms with Gasteiger partial charge in [-0.15, -0.1) is 0 Å². The van der Waals surface area contributed by atoms with Crippen molar-refractivity contribution in [3.63, 3.8) is 0 Å². The summed E-state index contributed by atoms with van der Waals surface area (Å²) in [4.78, 5) is 26.9. The highest BCUT2D eigenvalue weighted by molar-refractivity contribution is 6.00. The topological polar surface area (TPSA) is 49.4 Å². The highest BCUT2D eigenvalue weighted by Gasteiger charge is 2.42. The van der Waals surface area contributed by atoms with Crippen molar-refractivity contribution < 1.29 is 40.3 Å². The van der Waals surface area contributed by atoms with E-state index in [2.05, 4.69) is 17.2 Å². The molecule has 3 aromatic carbocycles. The average molecular weight is 562 g/mol. The average Bonchev–Trinajstić information content (AvgIpc) is 3.03. The highest BCUT2D eigenvalue weighted by atomic mass is 19.4. The molecule has 0 aromatic heterocycles. The van der Waals surface area contributed by atoms with E-state index in [0.29, 0.717) is 23.3 Å². The number of aryl methyl sites for hydroxylation is 1. The third-order valence-corrected chi connectivity index (χ3v) is 6.40. The SMILES string of the molecule is O=C(NCC#CCN1C(=O)C(c2ccc(C(F)(F)F)cc2C(F)(F)F)CCc2cc(F)ccc21)c1ccccc1.